The molecule has 1 saturated carbocycles. The van der Waals surface area contributed by atoms with Crippen molar-refractivity contribution in [2.24, 2.45) is 0 Å². The molecule has 0 spiro atoms. The van der Waals surface area contributed by atoms with Crippen molar-refractivity contribution < 1.29 is 9.72 Å². The van der Waals surface area contributed by atoms with E-state index in [0.717, 1.165) is 24.2 Å². The Bertz CT molecular complexity index is 768. The van der Waals surface area contributed by atoms with Crippen LogP contribution in [0.25, 0.3) is 0 Å². The lowest BCUT2D eigenvalue weighted by Crippen LogP contribution is -2.22. The minimum Gasteiger partial charge on any atom is -0.382 e. The van der Waals surface area contributed by atoms with Crippen molar-refractivity contribution in [2.75, 3.05) is 11.1 Å². The van der Waals surface area contributed by atoms with E-state index in [2.05, 4.69) is 10.3 Å². The Morgan fingerprint density at radius 1 is 1.29 bits per heavy atom. The Labute approximate surface area is 143 Å². The van der Waals surface area contributed by atoms with Crippen molar-refractivity contribution in [1.82, 2.24) is 4.98 Å². The highest BCUT2D eigenvalue weighted by Crippen LogP contribution is 2.32. The molecule has 1 fully saturated rings. The molecule has 1 aromatic carbocycles. The van der Waals surface area contributed by atoms with Gasteiger partial charge < -0.3 is 11.1 Å². The molecule has 3 rings (SSSR count). The second-order valence-electron chi connectivity index (χ2n) is 5.82. The number of para-hydroxylation sites is 1. The van der Waals surface area contributed by atoms with Crippen molar-refractivity contribution in [1.29, 1.82) is 0 Å². The van der Waals surface area contributed by atoms with Crippen LogP contribution < -0.4 is 11.1 Å². The number of carbonyl (C=O) groups excluding carboxylic acids is 1. The third-order valence-corrected chi connectivity index (χ3v) is 5.14. The summed E-state index contributed by atoms with van der Waals surface area (Å²) < 4.78 is 0. The summed E-state index contributed by atoms with van der Waals surface area (Å²) in [4.78, 5) is 27.7. The van der Waals surface area contributed by atoms with Crippen molar-refractivity contribution in [2.45, 2.75) is 38.1 Å². The fourth-order valence-corrected chi connectivity index (χ4v) is 3.84. The first-order valence-corrected chi connectivity index (χ1v) is 8.69. The number of benzene rings is 1. The smallest absolute Gasteiger partial charge is 0.280 e. The van der Waals surface area contributed by atoms with Gasteiger partial charge in [0.05, 0.1) is 4.92 Å². The monoisotopic (exact) mass is 346 g/mol. The van der Waals surface area contributed by atoms with E-state index in [0.29, 0.717) is 11.2 Å². The quantitative estimate of drug-likeness (QED) is 0.486. The molecule has 0 atom stereocenters. The second kappa shape index (κ2) is 6.96. The maximum Gasteiger partial charge on any atom is 0.280 e. The molecule has 0 bridgehead atoms. The average molecular weight is 346 g/mol. The Hall–Kier alpha value is -2.48. The maximum absolute atomic E-state index is 12.7. The van der Waals surface area contributed by atoms with E-state index < -0.39 is 10.7 Å². The lowest BCUT2D eigenvalue weighted by atomic mass is 9.96. The number of hydrogen-bond acceptors (Lipinski definition) is 7. The molecule has 2 aromatic rings. The zero-order chi connectivity index (χ0) is 17.1. The van der Waals surface area contributed by atoms with E-state index in [1.54, 1.807) is 6.07 Å². The SMILES string of the molecule is Nc1nc(NC2CCCCC2)sc1C(=O)c1ccccc1[N+](=O)[O-]. The highest BCUT2D eigenvalue weighted by atomic mass is 32.1. The van der Waals surface area contributed by atoms with Crippen molar-refractivity contribution in [3.8, 4) is 0 Å². The summed E-state index contributed by atoms with van der Waals surface area (Å²) in [6.07, 6.45) is 5.76. The van der Waals surface area contributed by atoms with Gasteiger partial charge in [0.1, 0.15) is 16.3 Å². The molecule has 1 aromatic heterocycles. The first-order valence-electron chi connectivity index (χ1n) is 7.87. The number of nitrogen functional groups attached to an aromatic ring is 1. The van der Waals surface area contributed by atoms with Gasteiger partial charge in [-0.1, -0.05) is 42.7 Å². The number of anilines is 2. The van der Waals surface area contributed by atoms with Gasteiger partial charge in [-0.15, -0.1) is 0 Å². The van der Waals surface area contributed by atoms with E-state index in [1.807, 2.05) is 0 Å². The van der Waals surface area contributed by atoms with Gasteiger partial charge in [-0.2, -0.15) is 0 Å². The lowest BCUT2D eigenvalue weighted by Gasteiger charge is -2.22. The number of ketones is 1. The topological polar surface area (TPSA) is 111 Å². The number of carbonyl (C=O) groups is 1. The van der Waals surface area contributed by atoms with E-state index in [4.69, 9.17) is 5.73 Å². The Kier molecular flexibility index (Phi) is 4.75. The van der Waals surface area contributed by atoms with Crippen LogP contribution in [0.4, 0.5) is 16.6 Å². The number of aromatic nitrogens is 1. The first-order chi connectivity index (χ1) is 11.6. The van der Waals surface area contributed by atoms with Crippen LogP contribution in [0.5, 0.6) is 0 Å². The molecule has 1 aliphatic rings. The molecule has 0 radical (unpaired) electrons. The molecule has 0 unspecified atom stereocenters. The van der Waals surface area contributed by atoms with Gasteiger partial charge in [-0.25, -0.2) is 4.98 Å². The predicted molar refractivity (Wildman–Crippen MR) is 93.6 cm³/mol. The van der Waals surface area contributed by atoms with Crippen LogP contribution in [0.1, 0.15) is 47.3 Å². The predicted octanol–water partition coefficient (Wildman–Crippen LogP) is 3.61. The van der Waals surface area contributed by atoms with Crippen molar-refractivity contribution in [3.05, 3.63) is 44.8 Å². The summed E-state index contributed by atoms with van der Waals surface area (Å²) in [5.74, 6) is -0.351. The minimum atomic E-state index is -0.564. The zero-order valence-electron chi connectivity index (χ0n) is 13.0. The summed E-state index contributed by atoms with van der Waals surface area (Å²) in [6, 6.07) is 6.22. The first kappa shape index (κ1) is 16.4. The van der Waals surface area contributed by atoms with E-state index in [9.17, 15) is 14.9 Å². The molecule has 8 heteroatoms. The largest absolute Gasteiger partial charge is 0.382 e. The van der Waals surface area contributed by atoms with E-state index in [1.165, 1.54) is 37.5 Å². The van der Waals surface area contributed by atoms with Gasteiger partial charge in [0.15, 0.2) is 5.13 Å². The van der Waals surface area contributed by atoms with Gasteiger partial charge in [0.25, 0.3) is 5.69 Å². The maximum atomic E-state index is 12.7. The number of hydrogen-bond donors (Lipinski definition) is 2. The van der Waals surface area contributed by atoms with E-state index in [-0.39, 0.29) is 21.9 Å². The van der Waals surface area contributed by atoms with Gasteiger partial charge >= 0.3 is 0 Å². The summed E-state index contributed by atoms with van der Waals surface area (Å²) in [7, 11) is 0. The summed E-state index contributed by atoms with van der Waals surface area (Å²) in [6.45, 7) is 0. The average Bonchev–Trinajstić information content (AvgIpc) is 2.95. The van der Waals surface area contributed by atoms with Gasteiger partial charge in [0, 0.05) is 12.1 Å². The minimum absolute atomic E-state index is 0.0297. The number of nitrogens with zero attached hydrogens (tertiary/aromatic N) is 2. The summed E-state index contributed by atoms with van der Waals surface area (Å²) in [5.41, 5.74) is 5.68. The van der Waals surface area contributed by atoms with E-state index >= 15 is 0 Å². The fourth-order valence-electron chi connectivity index (χ4n) is 2.93. The van der Waals surface area contributed by atoms with Crippen LogP contribution in [-0.4, -0.2) is 21.7 Å². The molecule has 24 heavy (non-hydrogen) atoms. The number of nitrogens with one attached hydrogen (secondary N) is 1. The molecule has 1 heterocycles. The number of nitrogens with two attached hydrogens (primary N) is 1. The lowest BCUT2D eigenvalue weighted by molar-refractivity contribution is -0.385. The Balaban J connectivity index is 1.84. The molecule has 0 amide bonds. The summed E-state index contributed by atoms with van der Waals surface area (Å²) in [5, 5.41) is 15.0. The molecule has 3 N–H and O–H groups in total. The fraction of sp³-hybridized carbons (Fsp3) is 0.375. The van der Waals surface area contributed by atoms with Crippen LogP contribution in [0.2, 0.25) is 0 Å². The molecule has 1 aliphatic carbocycles. The molecule has 126 valence electrons. The zero-order valence-corrected chi connectivity index (χ0v) is 13.8. The standard InChI is InChI=1S/C16H18N4O3S/c17-15-14(13(21)11-8-4-5-9-12(11)20(22)23)24-16(19-15)18-10-6-2-1-3-7-10/h4-5,8-10H,1-3,6-7,17H2,(H,18,19). The van der Waals surface area contributed by atoms with Gasteiger partial charge in [-0.05, 0) is 18.9 Å². The Morgan fingerprint density at radius 3 is 2.71 bits per heavy atom. The molecule has 0 aliphatic heterocycles. The van der Waals surface area contributed by atoms with Gasteiger partial charge in [-0.3, -0.25) is 14.9 Å². The third kappa shape index (κ3) is 3.38. The number of nitro benzene ring substituents is 1. The second-order valence-corrected chi connectivity index (χ2v) is 6.82. The van der Waals surface area contributed by atoms with Gasteiger partial charge in [0.2, 0.25) is 5.78 Å². The molecule has 7 nitrogen and oxygen atoms in total. The molecule has 0 saturated heterocycles. The van der Waals surface area contributed by atoms with Crippen LogP contribution >= 0.6 is 11.3 Å². The van der Waals surface area contributed by atoms with Crippen molar-refractivity contribution >= 4 is 33.8 Å². The summed E-state index contributed by atoms with van der Waals surface area (Å²) >= 11 is 1.16. The highest BCUT2D eigenvalue weighted by molar-refractivity contribution is 7.18. The third-order valence-electron chi connectivity index (χ3n) is 4.14. The molecular weight excluding hydrogens is 328 g/mol. The Morgan fingerprint density at radius 2 is 2.00 bits per heavy atom. The number of nitro groups is 1. The van der Waals surface area contributed by atoms with Crippen LogP contribution in [0.3, 0.4) is 0 Å². The van der Waals surface area contributed by atoms with Crippen LogP contribution in [0, 0.1) is 10.1 Å². The van der Waals surface area contributed by atoms with Crippen LogP contribution in [-0.2, 0) is 0 Å². The van der Waals surface area contributed by atoms with Crippen molar-refractivity contribution in [3.63, 3.8) is 0 Å². The normalized spacial score (nSPS) is 15.2. The molecular formula is C16H18N4O3S. The number of thiazole rings is 1. The van der Waals surface area contributed by atoms with Crippen LogP contribution in [0.15, 0.2) is 24.3 Å². The highest BCUT2D eigenvalue weighted by Gasteiger charge is 2.25. The number of rotatable bonds is 5.